The van der Waals surface area contributed by atoms with Crippen LogP contribution in [-0.2, 0) is 0 Å². The molecule has 0 N–H and O–H groups in total. The van der Waals surface area contributed by atoms with Crippen LogP contribution < -0.4 is 9.64 Å². The first-order valence-corrected chi connectivity index (χ1v) is 5.85. The molecule has 0 spiro atoms. The fourth-order valence-corrected chi connectivity index (χ4v) is 2.16. The van der Waals surface area contributed by atoms with E-state index in [9.17, 15) is 0 Å². The maximum absolute atomic E-state index is 6.00. The number of fused-ring (bicyclic) bond motifs is 1. The van der Waals surface area contributed by atoms with Crippen LogP contribution in [0.2, 0.25) is 0 Å². The van der Waals surface area contributed by atoms with Crippen LogP contribution >= 0.6 is 0 Å². The van der Waals surface area contributed by atoms with Gasteiger partial charge in [0.2, 0.25) is 0 Å². The van der Waals surface area contributed by atoms with E-state index in [2.05, 4.69) is 57.7 Å². The van der Waals surface area contributed by atoms with Crippen LogP contribution in [0.3, 0.4) is 0 Å². The van der Waals surface area contributed by atoms with Crippen LogP contribution in [0.15, 0.2) is 24.3 Å². The number of ether oxygens (including phenoxy) is 1. The molecule has 0 fully saturated rings. The SMILES string of the molecule is CC1(C)CN(C(C)(C)C)c2ccccc2O1. The van der Waals surface area contributed by atoms with Gasteiger partial charge in [0, 0.05) is 5.54 Å². The quantitative estimate of drug-likeness (QED) is 0.662. The summed E-state index contributed by atoms with van der Waals surface area (Å²) in [6.07, 6.45) is 0. The van der Waals surface area contributed by atoms with Gasteiger partial charge in [0.1, 0.15) is 11.4 Å². The first-order chi connectivity index (χ1) is 7.30. The van der Waals surface area contributed by atoms with E-state index in [4.69, 9.17) is 4.74 Å². The predicted octanol–water partition coefficient (Wildman–Crippen LogP) is 3.46. The number of nitrogens with zero attached hydrogens (tertiary/aromatic N) is 1. The fraction of sp³-hybridized carbons (Fsp3) is 0.571. The third kappa shape index (κ3) is 2.01. The average molecular weight is 219 g/mol. The van der Waals surface area contributed by atoms with E-state index in [1.165, 1.54) is 5.69 Å². The zero-order valence-electron chi connectivity index (χ0n) is 10.9. The molecule has 0 saturated heterocycles. The highest BCUT2D eigenvalue weighted by Crippen LogP contribution is 2.39. The zero-order chi connectivity index (χ0) is 12.0. The van der Waals surface area contributed by atoms with E-state index < -0.39 is 0 Å². The number of rotatable bonds is 0. The molecule has 16 heavy (non-hydrogen) atoms. The predicted molar refractivity (Wildman–Crippen MR) is 68.2 cm³/mol. The Labute approximate surface area is 98.2 Å². The van der Waals surface area contributed by atoms with Crippen molar-refractivity contribution in [3.63, 3.8) is 0 Å². The molecule has 0 radical (unpaired) electrons. The van der Waals surface area contributed by atoms with Gasteiger partial charge in [-0.25, -0.2) is 0 Å². The van der Waals surface area contributed by atoms with Crippen molar-refractivity contribution in [2.75, 3.05) is 11.4 Å². The van der Waals surface area contributed by atoms with Gasteiger partial charge >= 0.3 is 0 Å². The van der Waals surface area contributed by atoms with Gasteiger partial charge in [-0.05, 0) is 46.8 Å². The first-order valence-electron chi connectivity index (χ1n) is 5.85. The third-order valence-corrected chi connectivity index (χ3v) is 2.89. The van der Waals surface area contributed by atoms with Gasteiger partial charge in [-0.3, -0.25) is 0 Å². The summed E-state index contributed by atoms with van der Waals surface area (Å²) in [5.74, 6) is 0.994. The Morgan fingerprint density at radius 3 is 2.44 bits per heavy atom. The van der Waals surface area contributed by atoms with Crippen LogP contribution in [-0.4, -0.2) is 17.7 Å². The topological polar surface area (TPSA) is 12.5 Å². The van der Waals surface area contributed by atoms with Crippen molar-refractivity contribution < 1.29 is 4.74 Å². The van der Waals surface area contributed by atoms with Crippen molar-refractivity contribution >= 4 is 5.69 Å². The third-order valence-electron chi connectivity index (χ3n) is 2.89. The molecule has 0 unspecified atom stereocenters. The molecule has 1 aliphatic rings. The molecule has 1 aromatic rings. The minimum atomic E-state index is -0.123. The Bertz CT molecular complexity index is 390. The largest absolute Gasteiger partial charge is 0.484 e. The summed E-state index contributed by atoms with van der Waals surface area (Å²) >= 11 is 0. The lowest BCUT2D eigenvalue weighted by Gasteiger charge is -2.47. The number of anilines is 1. The number of hydrogen-bond acceptors (Lipinski definition) is 2. The molecule has 1 aromatic carbocycles. The lowest BCUT2D eigenvalue weighted by Crippen LogP contribution is -2.54. The Balaban J connectivity index is 2.48. The van der Waals surface area contributed by atoms with Crippen molar-refractivity contribution in [3.8, 4) is 5.75 Å². The van der Waals surface area contributed by atoms with Gasteiger partial charge in [-0.15, -0.1) is 0 Å². The summed E-state index contributed by atoms with van der Waals surface area (Å²) in [5, 5.41) is 0. The summed E-state index contributed by atoms with van der Waals surface area (Å²) in [6, 6.07) is 8.28. The molecule has 1 aliphatic heterocycles. The van der Waals surface area contributed by atoms with Gasteiger partial charge in [-0.1, -0.05) is 12.1 Å². The van der Waals surface area contributed by atoms with E-state index in [1.54, 1.807) is 0 Å². The normalized spacial score (nSPS) is 18.9. The van der Waals surface area contributed by atoms with Crippen LogP contribution in [0, 0.1) is 0 Å². The lowest BCUT2D eigenvalue weighted by molar-refractivity contribution is 0.0978. The van der Waals surface area contributed by atoms with Crippen LogP contribution in [0.25, 0.3) is 0 Å². The molecule has 2 heteroatoms. The fourth-order valence-electron chi connectivity index (χ4n) is 2.16. The second-order valence-corrected chi connectivity index (χ2v) is 6.09. The Morgan fingerprint density at radius 1 is 1.19 bits per heavy atom. The van der Waals surface area contributed by atoms with Gasteiger partial charge in [-0.2, -0.15) is 0 Å². The van der Waals surface area contributed by atoms with Crippen molar-refractivity contribution in [1.82, 2.24) is 0 Å². The minimum absolute atomic E-state index is 0.122. The van der Waals surface area contributed by atoms with Crippen LogP contribution in [0.4, 0.5) is 5.69 Å². The standard InChI is InChI=1S/C14H21NO/c1-13(2,3)15-10-14(4,5)16-12-9-7-6-8-11(12)15/h6-9H,10H2,1-5H3. The molecule has 0 atom stereocenters. The van der Waals surface area contributed by atoms with Gasteiger partial charge in [0.05, 0.1) is 12.2 Å². The minimum Gasteiger partial charge on any atom is -0.484 e. The number of hydrogen-bond donors (Lipinski definition) is 0. The molecule has 2 rings (SSSR count). The molecule has 88 valence electrons. The summed E-state index contributed by atoms with van der Waals surface area (Å²) in [7, 11) is 0. The molecular formula is C14H21NO. The Hall–Kier alpha value is -1.18. The summed E-state index contributed by atoms with van der Waals surface area (Å²) < 4.78 is 6.00. The highest BCUT2D eigenvalue weighted by molar-refractivity contribution is 5.62. The molecule has 0 bridgehead atoms. The maximum atomic E-state index is 6.00. The maximum Gasteiger partial charge on any atom is 0.143 e. The lowest BCUT2D eigenvalue weighted by atomic mass is 9.97. The zero-order valence-corrected chi connectivity index (χ0v) is 10.9. The van der Waals surface area contributed by atoms with E-state index in [0.29, 0.717) is 0 Å². The van der Waals surface area contributed by atoms with E-state index in [-0.39, 0.29) is 11.1 Å². The second kappa shape index (κ2) is 3.41. The number of benzene rings is 1. The number of para-hydroxylation sites is 2. The summed E-state index contributed by atoms with van der Waals surface area (Å²) in [4.78, 5) is 2.42. The molecule has 0 aliphatic carbocycles. The van der Waals surface area contributed by atoms with Gasteiger partial charge in [0.15, 0.2) is 0 Å². The van der Waals surface area contributed by atoms with Crippen LogP contribution in [0.1, 0.15) is 34.6 Å². The first kappa shape index (κ1) is 11.3. The van der Waals surface area contributed by atoms with Crippen molar-refractivity contribution in [2.45, 2.75) is 45.8 Å². The highest BCUT2D eigenvalue weighted by atomic mass is 16.5. The Morgan fingerprint density at radius 2 is 1.81 bits per heavy atom. The molecule has 2 nitrogen and oxygen atoms in total. The van der Waals surface area contributed by atoms with E-state index >= 15 is 0 Å². The molecule has 0 amide bonds. The molecular weight excluding hydrogens is 198 g/mol. The van der Waals surface area contributed by atoms with Crippen LogP contribution in [0.5, 0.6) is 5.75 Å². The summed E-state index contributed by atoms with van der Waals surface area (Å²) in [6.45, 7) is 11.9. The Kier molecular flexibility index (Phi) is 2.41. The van der Waals surface area contributed by atoms with Crippen molar-refractivity contribution in [3.05, 3.63) is 24.3 Å². The summed E-state index contributed by atoms with van der Waals surface area (Å²) in [5.41, 5.74) is 1.20. The monoisotopic (exact) mass is 219 g/mol. The highest BCUT2D eigenvalue weighted by Gasteiger charge is 2.36. The second-order valence-electron chi connectivity index (χ2n) is 6.09. The van der Waals surface area contributed by atoms with Gasteiger partial charge in [0.25, 0.3) is 0 Å². The van der Waals surface area contributed by atoms with Gasteiger partial charge < -0.3 is 9.64 Å². The van der Waals surface area contributed by atoms with E-state index in [0.717, 1.165) is 12.3 Å². The average Bonchev–Trinajstić information content (AvgIpc) is 2.13. The van der Waals surface area contributed by atoms with Crippen molar-refractivity contribution in [1.29, 1.82) is 0 Å². The van der Waals surface area contributed by atoms with Crippen molar-refractivity contribution in [2.24, 2.45) is 0 Å². The molecule has 0 saturated carbocycles. The van der Waals surface area contributed by atoms with E-state index in [1.807, 2.05) is 6.07 Å². The molecule has 0 aromatic heterocycles. The molecule has 1 heterocycles. The smallest absolute Gasteiger partial charge is 0.143 e.